The molecule has 0 saturated heterocycles. The van der Waals surface area contributed by atoms with Crippen molar-refractivity contribution in [1.29, 1.82) is 0 Å². The molecular formula is C23H30ClF2N3. The van der Waals surface area contributed by atoms with Crippen LogP contribution in [0.2, 0.25) is 0 Å². The van der Waals surface area contributed by atoms with Gasteiger partial charge in [0.25, 0.3) is 0 Å². The Labute approximate surface area is 177 Å². The number of halogens is 3. The van der Waals surface area contributed by atoms with Gasteiger partial charge in [0.15, 0.2) is 0 Å². The summed E-state index contributed by atoms with van der Waals surface area (Å²) < 4.78 is 28.4. The summed E-state index contributed by atoms with van der Waals surface area (Å²) in [5.41, 5.74) is 1.57. The molecular weight excluding hydrogens is 392 g/mol. The SMILES string of the molecule is C=C(C)Cc1c(F)cc(CCCCC2CC\N=C/C(Cl)=C\N=C\NCC2)cc1F. The molecule has 0 bridgehead atoms. The summed E-state index contributed by atoms with van der Waals surface area (Å²) in [6.07, 6.45) is 10.8. The average Bonchev–Trinajstić information content (AvgIpc) is 2.65. The van der Waals surface area contributed by atoms with Crippen molar-refractivity contribution in [2.24, 2.45) is 15.9 Å². The minimum Gasteiger partial charge on any atom is -0.376 e. The Morgan fingerprint density at radius 3 is 2.72 bits per heavy atom. The maximum absolute atomic E-state index is 14.2. The summed E-state index contributed by atoms with van der Waals surface area (Å²) >= 11 is 5.98. The molecule has 0 saturated carbocycles. The smallest absolute Gasteiger partial charge is 0.129 e. The minimum absolute atomic E-state index is 0.112. The molecule has 2 rings (SSSR count). The highest BCUT2D eigenvalue weighted by Crippen LogP contribution is 2.21. The molecule has 1 aromatic rings. The summed E-state index contributed by atoms with van der Waals surface area (Å²) in [6, 6.07) is 2.93. The molecule has 0 spiro atoms. The summed E-state index contributed by atoms with van der Waals surface area (Å²) in [7, 11) is 0. The molecule has 0 aromatic heterocycles. The van der Waals surface area contributed by atoms with E-state index in [9.17, 15) is 8.78 Å². The van der Waals surface area contributed by atoms with Crippen molar-refractivity contribution in [3.8, 4) is 0 Å². The molecule has 0 fully saturated rings. The first kappa shape index (κ1) is 23.3. The van der Waals surface area contributed by atoms with Gasteiger partial charge in [-0.2, -0.15) is 0 Å². The summed E-state index contributed by atoms with van der Waals surface area (Å²) in [4.78, 5) is 8.42. The normalized spacial score (nSPS) is 21.8. The zero-order valence-electron chi connectivity index (χ0n) is 17.1. The monoisotopic (exact) mass is 421 g/mol. The number of nitrogens with zero attached hydrogens (tertiary/aromatic N) is 2. The van der Waals surface area contributed by atoms with E-state index in [0.29, 0.717) is 22.9 Å². The molecule has 3 nitrogen and oxygen atoms in total. The highest BCUT2D eigenvalue weighted by molar-refractivity contribution is 6.39. The van der Waals surface area contributed by atoms with Gasteiger partial charge >= 0.3 is 0 Å². The van der Waals surface area contributed by atoms with E-state index in [4.69, 9.17) is 11.6 Å². The van der Waals surface area contributed by atoms with E-state index in [1.807, 2.05) is 0 Å². The zero-order valence-corrected chi connectivity index (χ0v) is 17.8. The number of hydrogen-bond donors (Lipinski definition) is 1. The fourth-order valence-corrected chi connectivity index (χ4v) is 3.55. The molecule has 6 heteroatoms. The molecule has 1 aliphatic heterocycles. The van der Waals surface area contributed by atoms with Crippen molar-refractivity contribution in [2.75, 3.05) is 13.1 Å². The number of unbranched alkanes of at least 4 members (excludes halogenated alkanes) is 1. The predicted molar refractivity (Wildman–Crippen MR) is 119 cm³/mol. The van der Waals surface area contributed by atoms with Crippen LogP contribution < -0.4 is 5.32 Å². The van der Waals surface area contributed by atoms with Crippen LogP contribution in [-0.4, -0.2) is 25.6 Å². The first-order chi connectivity index (χ1) is 14.0. The van der Waals surface area contributed by atoms with Crippen molar-refractivity contribution >= 4 is 24.2 Å². The third-order valence-corrected chi connectivity index (χ3v) is 5.14. The Morgan fingerprint density at radius 1 is 1.24 bits per heavy atom. The molecule has 1 aliphatic rings. The van der Waals surface area contributed by atoms with Gasteiger partial charge < -0.3 is 5.32 Å². The van der Waals surface area contributed by atoms with E-state index >= 15 is 0 Å². The van der Waals surface area contributed by atoms with Crippen LogP contribution in [0.3, 0.4) is 0 Å². The van der Waals surface area contributed by atoms with Gasteiger partial charge in [0, 0.05) is 31.1 Å². The van der Waals surface area contributed by atoms with Gasteiger partial charge in [0.05, 0.1) is 11.4 Å². The second kappa shape index (κ2) is 12.5. The van der Waals surface area contributed by atoms with E-state index in [2.05, 4.69) is 21.9 Å². The molecule has 0 amide bonds. The number of aliphatic imine (C=N–C) groups is 2. The van der Waals surface area contributed by atoms with Crippen LogP contribution in [0.25, 0.3) is 0 Å². The van der Waals surface area contributed by atoms with Crippen LogP contribution in [0.4, 0.5) is 8.78 Å². The first-order valence-electron chi connectivity index (χ1n) is 10.2. The molecule has 29 heavy (non-hydrogen) atoms. The van der Waals surface area contributed by atoms with E-state index in [1.54, 1.807) is 25.7 Å². The lowest BCUT2D eigenvalue weighted by atomic mass is 9.93. The maximum atomic E-state index is 14.2. The highest BCUT2D eigenvalue weighted by Gasteiger charge is 2.12. The quantitative estimate of drug-likeness (QED) is 0.427. The Morgan fingerprint density at radius 2 is 2.00 bits per heavy atom. The lowest BCUT2D eigenvalue weighted by molar-refractivity contribution is 0.408. The standard InChI is InChI=1S/C23H30ClF2N3/c1-17(2)11-21-22(25)12-19(13-23(21)26)6-4-3-5-18-7-9-27-14-20(24)15-29-16-28-10-8-18/h12-16,18H,1,3-11H2,2H3,(H,28,29)/b20-15+,27-14-. The third kappa shape index (κ3) is 8.90. The lowest BCUT2D eigenvalue weighted by Gasteiger charge is -2.16. The van der Waals surface area contributed by atoms with Gasteiger partial charge in [-0.3, -0.25) is 4.99 Å². The highest BCUT2D eigenvalue weighted by atomic mass is 35.5. The van der Waals surface area contributed by atoms with Crippen molar-refractivity contribution in [2.45, 2.75) is 51.9 Å². The molecule has 1 heterocycles. The second-order valence-corrected chi connectivity index (χ2v) is 8.08. The first-order valence-corrected chi connectivity index (χ1v) is 10.5. The van der Waals surface area contributed by atoms with Crippen molar-refractivity contribution in [3.63, 3.8) is 0 Å². The summed E-state index contributed by atoms with van der Waals surface area (Å²) in [6.45, 7) is 7.09. The number of aryl methyl sites for hydroxylation is 1. The van der Waals surface area contributed by atoms with E-state index in [1.165, 1.54) is 12.1 Å². The fourth-order valence-electron chi connectivity index (χ4n) is 3.42. The van der Waals surface area contributed by atoms with E-state index < -0.39 is 11.6 Å². The van der Waals surface area contributed by atoms with Crippen molar-refractivity contribution < 1.29 is 8.78 Å². The molecule has 1 atom stereocenters. The Bertz CT molecular complexity index is 748. The molecule has 0 aliphatic carbocycles. The van der Waals surface area contributed by atoms with Gasteiger partial charge in [-0.05, 0) is 62.6 Å². The largest absolute Gasteiger partial charge is 0.376 e. The van der Waals surface area contributed by atoms with Crippen LogP contribution in [0.15, 0.2) is 45.5 Å². The zero-order chi connectivity index (χ0) is 21.1. The number of hydrogen-bond acceptors (Lipinski definition) is 3. The topological polar surface area (TPSA) is 36.8 Å². The van der Waals surface area contributed by atoms with Crippen LogP contribution in [0.1, 0.15) is 50.2 Å². The number of benzene rings is 1. The molecule has 1 aromatic carbocycles. The third-order valence-electron chi connectivity index (χ3n) is 4.95. The number of rotatable bonds is 7. The van der Waals surface area contributed by atoms with Gasteiger partial charge in [0.2, 0.25) is 0 Å². The number of nitrogens with one attached hydrogen (secondary N) is 1. The average molecular weight is 422 g/mol. The molecule has 158 valence electrons. The lowest BCUT2D eigenvalue weighted by Crippen LogP contribution is -2.17. The van der Waals surface area contributed by atoms with Crippen LogP contribution in [0.5, 0.6) is 0 Å². The van der Waals surface area contributed by atoms with E-state index in [-0.39, 0.29) is 12.0 Å². The van der Waals surface area contributed by atoms with Crippen LogP contribution in [-0.2, 0) is 12.8 Å². The Kier molecular flexibility index (Phi) is 10.1. The van der Waals surface area contributed by atoms with Crippen molar-refractivity contribution in [1.82, 2.24) is 5.32 Å². The minimum atomic E-state index is -0.472. The van der Waals surface area contributed by atoms with Gasteiger partial charge in [-0.1, -0.05) is 36.6 Å². The van der Waals surface area contributed by atoms with Crippen LogP contribution in [0, 0.1) is 17.6 Å². The Balaban J connectivity index is 1.82. The molecule has 0 radical (unpaired) electrons. The van der Waals surface area contributed by atoms with E-state index in [0.717, 1.165) is 50.8 Å². The van der Waals surface area contributed by atoms with Gasteiger partial charge in [-0.15, -0.1) is 0 Å². The van der Waals surface area contributed by atoms with Gasteiger partial charge in [-0.25, -0.2) is 13.8 Å². The predicted octanol–water partition coefficient (Wildman–Crippen LogP) is 5.98. The fraction of sp³-hybridized carbons (Fsp3) is 0.478. The summed E-state index contributed by atoms with van der Waals surface area (Å²) in [5, 5.41) is 3.68. The van der Waals surface area contributed by atoms with Gasteiger partial charge in [0.1, 0.15) is 11.6 Å². The molecule has 1 unspecified atom stereocenters. The number of allylic oxidation sites excluding steroid dienone is 2. The molecule has 1 N–H and O–H groups in total. The Hall–Kier alpha value is -2.01. The van der Waals surface area contributed by atoms with Crippen molar-refractivity contribution in [3.05, 3.63) is 58.3 Å². The van der Waals surface area contributed by atoms with Crippen LogP contribution >= 0.6 is 11.6 Å². The summed E-state index contributed by atoms with van der Waals surface area (Å²) in [5.74, 6) is -0.400. The maximum Gasteiger partial charge on any atom is 0.129 e. The second-order valence-electron chi connectivity index (χ2n) is 7.64.